The standard InChI is InChI=1S/C15H17FN2O4/c16-10-3-1-2-8-4-11(18-13(8)10)15(21)17-5-9-6-22-7-12(19)14(9)20/h1-4,9,12,14,18-20H,5-7H2,(H,17,21)/t9-,12-,14+/m1/s1. The number of fused-ring (bicyclic) bond motifs is 1. The molecular weight excluding hydrogens is 291 g/mol. The first-order valence-corrected chi connectivity index (χ1v) is 7.05. The van der Waals surface area contributed by atoms with Crippen molar-refractivity contribution in [1.82, 2.24) is 10.3 Å². The van der Waals surface area contributed by atoms with E-state index in [-0.39, 0.29) is 36.9 Å². The van der Waals surface area contributed by atoms with Crippen molar-refractivity contribution in [3.05, 3.63) is 35.8 Å². The second-order valence-electron chi connectivity index (χ2n) is 5.45. The van der Waals surface area contributed by atoms with Crippen LogP contribution in [0.1, 0.15) is 10.5 Å². The van der Waals surface area contributed by atoms with Crippen molar-refractivity contribution in [3.63, 3.8) is 0 Å². The number of halogens is 1. The zero-order chi connectivity index (χ0) is 15.7. The van der Waals surface area contributed by atoms with E-state index in [4.69, 9.17) is 4.74 Å². The van der Waals surface area contributed by atoms with Gasteiger partial charge < -0.3 is 25.3 Å². The molecule has 4 N–H and O–H groups in total. The predicted molar refractivity (Wildman–Crippen MR) is 76.9 cm³/mol. The Labute approximate surface area is 125 Å². The number of nitrogens with one attached hydrogen (secondary N) is 2. The lowest BCUT2D eigenvalue weighted by Gasteiger charge is -2.31. The number of hydrogen-bond acceptors (Lipinski definition) is 4. The van der Waals surface area contributed by atoms with Crippen LogP contribution in [0.5, 0.6) is 0 Å². The van der Waals surface area contributed by atoms with Gasteiger partial charge in [-0.3, -0.25) is 4.79 Å². The first kappa shape index (κ1) is 15.0. The Balaban J connectivity index is 1.67. The zero-order valence-corrected chi connectivity index (χ0v) is 11.8. The number of rotatable bonds is 3. The molecule has 0 spiro atoms. The van der Waals surface area contributed by atoms with Crippen molar-refractivity contribution in [2.75, 3.05) is 19.8 Å². The van der Waals surface area contributed by atoms with Crippen LogP contribution in [0, 0.1) is 11.7 Å². The third-order valence-corrected chi connectivity index (χ3v) is 3.87. The maximum absolute atomic E-state index is 13.6. The Morgan fingerprint density at radius 2 is 2.23 bits per heavy atom. The normalized spacial score (nSPS) is 25.3. The molecule has 1 aromatic carbocycles. The molecular formula is C15H17FN2O4. The smallest absolute Gasteiger partial charge is 0.267 e. The zero-order valence-electron chi connectivity index (χ0n) is 11.8. The van der Waals surface area contributed by atoms with Gasteiger partial charge in [0.05, 0.1) is 24.8 Å². The molecule has 6 nitrogen and oxygen atoms in total. The molecule has 22 heavy (non-hydrogen) atoms. The maximum atomic E-state index is 13.6. The number of amides is 1. The van der Waals surface area contributed by atoms with Crippen molar-refractivity contribution in [2.45, 2.75) is 12.2 Å². The monoisotopic (exact) mass is 308 g/mol. The number of ether oxygens (including phenoxy) is 1. The highest BCUT2D eigenvalue weighted by molar-refractivity contribution is 5.98. The molecule has 2 aromatic rings. The average molecular weight is 308 g/mol. The number of hydrogen-bond donors (Lipinski definition) is 4. The van der Waals surface area contributed by atoms with Gasteiger partial charge in [-0.1, -0.05) is 12.1 Å². The van der Waals surface area contributed by atoms with Crippen molar-refractivity contribution >= 4 is 16.8 Å². The van der Waals surface area contributed by atoms with Gasteiger partial charge in [-0.05, 0) is 12.1 Å². The number of aromatic amines is 1. The first-order valence-electron chi connectivity index (χ1n) is 7.05. The summed E-state index contributed by atoms with van der Waals surface area (Å²) < 4.78 is 18.7. The second-order valence-corrected chi connectivity index (χ2v) is 5.45. The van der Waals surface area contributed by atoms with Gasteiger partial charge in [0.25, 0.3) is 5.91 Å². The molecule has 118 valence electrons. The molecule has 7 heteroatoms. The lowest BCUT2D eigenvalue weighted by atomic mass is 9.96. The molecule has 1 amide bonds. The molecule has 0 radical (unpaired) electrons. The number of aromatic nitrogens is 1. The van der Waals surface area contributed by atoms with Crippen LogP contribution >= 0.6 is 0 Å². The summed E-state index contributed by atoms with van der Waals surface area (Å²) in [4.78, 5) is 14.8. The van der Waals surface area contributed by atoms with E-state index in [1.54, 1.807) is 18.2 Å². The number of H-pyrrole nitrogens is 1. The van der Waals surface area contributed by atoms with E-state index in [9.17, 15) is 19.4 Å². The summed E-state index contributed by atoms with van der Waals surface area (Å²) in [5.41, 5.74) is 0.524. The van der Waals surface area contributed by atoms with E-state index < -0.39 is 23.9 Å². The van der Waals surface area contributed by atoms with Crippen LogP contribution in [0.15, 0.2) is 24.3 Å². The minimum absolute atomic E-state index is 0.0902. The highest BCUT2D eigenvalue weighted by Crippen LogP contribution is 2.19. The maximum Gasteiger partial charge on any atom is 0.267 e. The van der Waals surface area contributed by atoms with Crippen molar-refractivity contribution in [1.29, 1.82) is 0 Å². The molecule has 0 aliphatic carbocycles. The minimum Gasteiger partial charge on any atom is -0.390 e. The quantitative estimate of drug-likeness (QED) is 0.660. The summed E-state index contributed by atoms with van der Waals surface area (Å²) >= 11 is 0. The van der Waals surface area contributed by atoms with Gasteiger partial charge in [0.2, 0.25) is 0 Å². The Kier molecular flexibility index (Phi) is 4.10. The molecule has 1 saturated heterocycles. The summed E-state index contributed by atoms with van der Waals surface area (Å²) in [6.45, 7) is 0.516. The number of benzene rings is 1. The molecule has 0 unspecified atom stereocenters. The van der Waals surface area contributed by atoms with E-state index in [0.717, 1.165) is 0 Å². The largest absolute Gasteiger partial charge is 0.390 e. The van der Waals surface area contributed by atoms with Gasteiger partial charge in [-0.25, -0.2) is 4.39 Å². The molecule has 1 aliphatic rings. The topological polar surface area (TPSA) is 94.6 Å². The van der Waals surface area contributed by atoms with E-state index in [1.807, 2.05) is 0 Å². The lowest BCUT2D eigenvalue weighted by molar-refractivity contribution is -0.118. The fourth-order valence-corrected chi connectivity index (χ4v) is 2.59. The van der Waals surface area contributed by atoms with Crippen molar-refractivity contribution in [3.8, 4) is 0 Å². The van der Waals surface area contributed by atoms with Crippen LogP contribution in [0.3, 0.4) is 0 Å². The summed E-state index contributed by atoms with van der Waals surface area (Å²) in [6, 6.07) is 6.17. The lowest BCUT2D eigenvalue weighted by Crippen LogP contribution is -2.48. The Bertz CT molecular complexity index is 687. The van der Waals surface area contributed by atoms with Gasteiger partial charge in [0.1, 0.15) is 17.6 Å². The van der Waals surface area contributed by atoms with E-state index in [1.165, 1.54) is 6.07 Å². The number of para-hydroxylation sites is 1. The van der Waals surface area contributed by atoms with Crippen LogP contribution in [0.4, 0.5) is 4.39 Å². The van der Waals surface area contributed by atoms with Crippen LogP contribution in [0.25, 0.3) is 10.9 Å². The van der Waals surface area contributed by atoms with Gasteiger partial charge in [0.15, 0.2) is 0 Å². The Morgan fingerprint density at radius 1 is 1.41 bits per heavy atom. The van der Waals surface area contributed by atoms with Gasteiger partial charge >= 0.3 is 0 Å². The summed E-state index contributed by atoms with van der Waals surface area (Å²) in [5, 5.41) is 22.6. The number of carbonyl (C=O) groups is 1. The molecule has 3 rings (SSSR count). The molecule has 0 saturated carbocycles. The van der Waals surface area contributed by atoms with Gasteiger partial charge in [-0.2, -0.15) is 0 Å². The van der Waals surface area contributed by atoms with Crippen LogP contribution in [-0.4, -0.2) is 53.1 Å². The molecule has 1 aliphatic heterocycles. The molecule has 0 bridgehead atoms. The average Bonchev–Trinajstić information content (AvgIpc) is 2.94. The fourth-order valence-electron chi connectivity index (χ4n) is 2.59. The van der Waals surface area contributed by atoms with Crippen molar-refractivity contribution < 1.29 is 24.1 Å². The summed E-state index contributed by atoms with van der Waals surface area (Å²) in [7, 11) is 0. The highest BCUT2D eigenvalue weighted by atomic mass is 19.1. The first-order chi connectivity index (χ1) is 10.6. The van der Waals surface area contributed by atoms with Crippen LogP contribution < -0.4 is 5.32 Å². The number of aliphatic hydroxyl groups excluding tert-OH is 2. The van der Waals surface area contributed by atoms with E-state index >= 15 is 0 Å². The fraction of sp³-hybridized carbons (Fsp3) is 0.400. The van der Waals surface area contributed by atoms with Crippen LogP contribution in [0.2, 0.25) is 0 Å². The predicted octanol–water partition coefficient (Wildman–Crippen LogP) is 0.405. The summed E-state index contributed by atoms with van der Waals surface area (Å²) in [5.74, 6) is -1.20. The van der Waals surface area contributed by atoms with Gasteiger partial charge in [0, 0.05) is 17.8 Å². The van der Waals surface area contributed by atoms with Gasteiger partial charge in [-0.15, -0.1) is 0 Å². The van der Waals surface area contributed by atoms with E-state index in [0.29, 0.717) is 5.39 Å². The SMILES string of the molecule is O=C(NC[C@@H]1COC[C@@H](O)[C@H]1O)c1cc2cccc(F)c2[nH]1. The second kappa shape index (κ2) is 6.04. The summed E-state index contributed by atoms with van der Waals surface area (Å²) in [6.07, 6.45) is -1.88. The Morgan fingerprint density at radius 3 is 3.00 bits per heavy atom. The molecule has 1 fully saturated rings. The minimum atomic E-state index is -0.946. The molecule has 1 aromatic heterocycles. The third kappa shape index (κ3) is 2.83. The number of carbonyl (C=O) groups excluding carboxylic acids is 1. The van der Waals surface area contributed by atoms with E-state index in [2.05, 4.69) is 10.3 Å². The molecule has 2 heterocycles. The molecule has 3 atom stereocenters. The Hall–Kier alpha value is -1.96. The third-order valence-electron chi connectivity index (χ3n) is 3.87. The van der Waals surface area contributed by atoms with Crippen LogP contribution in [-0.2, 0) is 4.74 Å². The highest BCUT2D eigenvalue weighted by Gasteiger charge is 2.31. The number of aliphatic hydroxyl groups is 2. The van der Waals surface area contributed by atoms with Crippen molar-refractivity contribution in [2.24, 2.45) is 5.92 Å².